The monoisotopic (exact) mass is 774 g/mol. The van der Waals surface area contributed by atoms with Crippen LogP contribution in [0.3, 0.4) is 0 Å². The lowest BCUT2D eigenvalue weighted by Crippen LogP contribution is -2.31. The van der Waals surface area contributed by atoms with Crippen molar-refractivity contribution in [3.05, 3.63) is 182 Å². The van der Waals surface area contributed by atoms with E-state index in [2.05, 4.69) is 13.2 Å². The molecule has 0 bridgehead atoms. The first kappa shape index (κ1) is 40.6. The molecule has 0 saturated carbocycles. The first-order valence-electron chi connectivity index (χ1n) is 19.0. The Hall–Kier alpha value is -7.06. The molecule has 0 fully saturated rings. The number of para-hydroxylation sites is 2. The van der Waals surface area contributed by atoms with Gasteiger partial charge in [0.2, 0.25) is 0 Å². The molecule has 0 N–H and O–H groups in total. The number of ether oxygens (including phenoxy) is 6. The van der Waals surface area contributed by atoms with Crippen LogP contribution in [0.5, 0.6) is 23.0 Å². The average molecular weight is 775 g/mol. The molecule has 8 nitrogen and oxygen atoms in total. The van der Waals surface area contributed by atoms with Gasteiger partial charge in [0.1, 0.15) is 49.4 Å². The average Bonchev–Trinajstić information content (AvgIpc) is 3.26. The molecule has 0 heterocycles. The summed E-state index contributed by atoms with van der Waals surface area (Å²) in [4.78, 5) is 25.0. The quantitative estimate of drug-likeness (QED) is 0.0594. The third-order valence-corrected chi connectivity index (χ3v) is 8.95. The molecule has 0 spiro atoms. The first-order valence-corrected chi connectivity index (χ1v) is 19.0. The molecule has 0 aromatic heterocycles. The normalized spacial score (nSPS) is 11.7. The summed E-state index contributed by atoms with van der Waals surface area (Å²) in [6.07, 6.45) is -1.39. The number of hydrogen-bond acceptors (Lipinski definition) is 8. The molecule has 0 radical (unpaired) electrons. The molecular weight excluding hydrogens is 729 g/mol. The van der Waals surface area contributed by atoms with Crippen LogP contribution in [0.1, 0.15) is 13.8 Å². The first-order chi connectivity index (χ1) is 28.2. The number of carbonyl (C=O) groups is 2. The van der Waals surface area contributed by atoms with Crippen LogP contribution in [-0.4, -0.2) is 50.6 Å². The second-order valence-electron chi connectivity index (χ2n) is 13.6. The van der Waals surface area contributed by atoms with Crippen molar-refractivity contribution in [1.29, 1.82) is 0 Å². The van der Waals surface area contributed by atoms with E-state index in [1.54, 1.807) is 13.8 Å². The number of esters is 2. The molecule has 8 heteroatoms. The molecule has 2 unspecified atom stereocenters. The van der Waals surface area contributed by atoms with E-state index in [0.717, 1.165) is 33.4 Å². The Morgan fingerprint density at radius 1 is 0.414 bits per heavy atom. The fourth-order valence-corrected chi connectivity index (χ4v) is 5.86. The lowest BCUT2D eigenvalue weighted by atomic mass is 10.1. The van der Waals surface area contributed by atoms with Crippen molar-refractivity contribution in [3.63, 3.8) is 0 Å². The standard InChI is InChI=1S/C50H46O8/c1-35(2)49(51)57-43(33-55-47-21-13-11-19-45(47)39-15-7-5-8-16-39)31-53-41-27-23-37(24-28-41)38-25-29-42(30-26-38)54-32-44(58-50(52)36(3)4)34-56-48-22-14-12-20-46(48)40-17-9-6-10-18-40/h5-30,43-44H,1,3,31-34H2,2,4H3. The summed E-state index contributed by atoms with van der Waals surface area (Å²) in [5.41, 5.74) is 6.40. The summed E-state index contributed by atoms with van der Waals surface area (Å²) < 4.78 is 35.9. The maximum Gasteiger partial charge on any atom is 0.333 e. The Bertz CT molecular complexity index is 2120. The molecule has 58 heavy (non-hydrogen) atoms. The largest absolute Gasteiger partial charge is 0.490 e. The van der Waals surface area contributed by atoms with E-state index < -0.39 is 24.1 Å². The topological polar surface area (TPSA) is 89.5 Å². The van der Waals surface area contributed by atoms with Crippen LogP contribution < -0.4 is 18.9 Å². The summed E-state index contributed by atoms with van der Waals surface area (Å²) in [5, 5.41) is 0. The minimum absolute atomic E-state index is 0.0746. The van der Waals surface area contributed by atoms with E-state index in [9.17, 15) is 9.59 Å². The minimum atomic E-state index is -0.694. The highest BCUT2D eigenvalue weighted by Gasteiger charge is 2.20. The number of carbonyl (C=O) groups excluding carboxylic acids is 2. The van der Waals surface area contributed by atoms with Crippen molar-refractivity contribution in [2.75, 3.05) is 26.4 Å². The Kier molecular flexibility index (Phi) is 14.1. The lowest BCUT2D eigenvalue weighted by Gasteiger charge is -2.20. The zero-order chi connectivity index (χ0) is 40.7. The van der Waals surface area contributed by atoms with Crippen LogP contribution in [0.15, 0.2) is 182 Å². The van der Waals surface area contributed by atoms with Gasteiger partial charge in [-0.1, -0.05) is 134 Å². The van der Waals surface area contributed by atoms with E-state index in [1.165, 1.54) is 0 Å². The van der Waals surface area contributed by atoms with Crippen LogP contribution in [0.2, 0.25) is 0 Å². The predicted octanol–water partition coefficient (Wildman–Crippen LogP) is 10.6. The fraction of sp³-hybridized carbons (Fsp3) is 0.160. The Balaban J connectivity index is 1.05. The van der Waals surface area contributed by atoms with Crippen molar-refractivity contribution in [2.45, 2.75) is 26.1 Å². The van der Waals surface area contributed by atoms with Gasteiger partial charge < -0.3 is 28.4 Å². The predicted molar refractivity (Wildman–Crippen MR) is 227 cm³/mol. The van der Waals surface area contributed by atoms with Gasteiger partial charge in [0, 0.05) is 22.3 Å². The molecule has 0 aliphatic carbocycles. The van der Waals surface area contributed by atoms with Gasteiger partial charge in [0.05, 0.1) is 0 Å². The van der Waals surface area contributed by atoms with E-state index in [4.69, 9.17) is 28.4 Å². The highest BCUT2D eigenvalue weighted by Crippen LogP contribution is 2.31. The summed E-state index contributed by atoms with van der Waals surface area (Å²) in [6, 6.07) is 50.6. The van der Waals surface area contributed by atoms with Crippen molar-refractivity contribution in [2.24, 2.45) is 0 Å². The molecule has 6 aromatic rings. The Labute approximate surface area is 339 Å². The van der Waals surface area contributed by atoms with Gasteiger partial charge in [-0.05, 0) is 72.5 Å². The molecule has 6 rings (SSSR count). The van der Waals surface area contributed by atoms with E-state index >= 15 is 0 Å². The number of rotatable bonds is 19. The summed E-state index contributed by atoms with van der Waals surface area (Å²) >= 11 is 0. The molecule has 0 aliphatic heterocycles. The van der Waals surface area contributed by atoms with Gasteiger partial charge in [-0.3, -0.25) is 0 Å². The Morgan fingerprint density at radius 2 is 0.741 bits per heavy atom. The zero-order valence-corrected chi connectivity index (χ0v) is 32.7. The molecular formula is C50H46O8. The fourth-order valence-electron chi connectivity index (χ4n) is 5.86. The Morgan fingerprint density at radius 3 is 1.10 bits per heavy atom. The second-order valence-corrected chi connectivity index (χ2v) is 13.6. The third-order valence-electron chi connectivity index (χ3n) is 8.95. The van der Waals surface area contributed by atoms with Crippen LogP contribution in [0, 0.1) is 0 Å². The molecule has 0 amide bonds. The summed E-state index contributed by atoms with van der Waals surface area (Å²) in [5.74, 6) is 1.52. The summed E-state index contributed by atoms with van der Waals surface area (Å²) in [7, 11) is 0. The highest BCUT2D eigenvalue weighted by molar-refractivity contribution is 5.87. The van der Waals surface area contributed by atoms with Gasteiger partial charge in [0.15, 0.2) is 12.2 Å². The van der Waals surface area contributed by atoms with Gasteiger partial charge in [-0.2, -0.15) is 0 Å². The van der Waals surface area contributed by atoms with Crippen molar-refractivity contribution < 1.29 is 38.0 Å². The minimum Gasteiger partial charge on any atom is -0.490 e. The maximum absolute atomic E-state index is 12.5. The van der Waals surface area contributed by atoms with Crippen molar-refractivity contribution in [1.82, 2.24) is 0 Å². The molecule has 294 valence electrons. The van der Waals surface area contributed by atoms with Crippen LogP contribution >= 0.6 is 0 Å². The molecule has 0 saturated heterocycles. The van der Waals surface area contributed by atoms with Crippen LogP contribution in [0.25, 0.3) is 33.4 Å². The van der Waals surface area contributed by atoms with E-state index in [-0.39, 0.29) is 37.6 Å². The SMILES string of the molecule is C=C(C)C(=O)OC(COc1ccc(-c2ccc(OCC(COc3ccccc3-c3ccccc3)OC(=O)C(=C)C)cc2)cc1)COc1ccccc1-c1ccccc1. The summed E-state index contributed by atoms with van der Waals surface area (Å²) in [6.45, 7) is 11.0. The van der Waals surface area contributed by atoms with E-state index in [1.807, 2.05) is 158 Å². The molecule has 0 aliphatic rings. The zero-order valence-electron chi connectivity index (χ0n) is 32.7. The van der Waals surface area contributed by atoms with Gasteiger partial charge in [-0.15, -0.1) is 0 Å². The maximum atomic E-state index is 12.5. The highest BCUT2D eigenvalue weighted by atomic mass is 16.6. The lowest BCUT2D eigenvalue weighted by molar-refractivity contribution is -0.148. The number of benzene rings is 6. The second kappa shape index (κ2) is 20.2. The van der Waals surface area contributed by atoms with Gasteiger partial charge in [0.25, 0.3) is 0 Å². The van der Waals surface area contributed by atoms with Crippen molar-refractivity contribution >= 4 is 11.9 Å². The smallest absolute Gasteiger partial charge is 0.333 e. The van der Waals surface area contributed by atoms with Gasteiger partial charge in [-0.25, -0.2) is 9.59 Å². The molecule has 6 aromatic carbocycles. The van der Waals surface area contributed by atoms with Crippen molar-refractivity contribution in [3.8, 4) is 56.4 Å². The van der Waals surface area contributed by atoms with Crippen LogP contribution in [-0.2, 0) is 19.1 Å². The number of hydrogen-bond donors (Lipinski definition) is 0. The molecule has 2 atom stereocenters. The van der Waals surface area contributed by atoms with E-state index in [0.29, 0.717) is 23.0 Å². The van der Waals surface area contributed by atoms with Crippen LogP contribution in [0.4, 0.5) is 0 Å². The third kappa shape index (κ3) is 11.5. The van der Waals surface area contributed by atoms with Gasteiger partial charge >= 0.3 is 11.9 Å².